The molecule has 8 nitrogen and oxygen atoms in total. The molecule has 2 atom stereocenters. The molecule has 1 aromatic carbocycles. The normalized spacial score (nSPS) is 21.5. The lowest BCUT2D eigenvalue weighted by molar-refractivity contribution is -0.116. The molecule has 5 rings (SSSR count). The molecule has 0 saturated carbocycles. The first-order chi connectivity index (χ1) is 15.8. The summed E-state index contributed by atoms with van der Waals surface area (Å²) in [6.45, 7) is 6.31. The minimum absolute atomic E-state index is 0.101. The lowest BCUT2D eigenvalue weighted by atomic mass is 10.1. The third-order valence-corrected chi connectivity index (χ3v) is 6.09. The fraction of sp³-hybridized carbons (Fsp3) is 0.458. The minimum atomic E-state index is -0.682. The third kappa shape index (κ3) is 3.96. The SMILES string of the molecule is Cc1cc2c(c(OC(C)C)c1)C(=O)N1C[C@@H](Oc3ncc4c(c3F)NC(=O)CC4)C[C@@H]1CO2. The first-order valence-corrected chi connectivity index (χ1v) is 11.2. The second kappa shape index (κ2) is 8.20. The standard InChI is InChI=1S/C24H26FN3O5/c1-12(2)32-18-7-13(3)6-17-20(18)24(30)28-10-16(8-15(28)11-31-17)33-23-21(25)22-14(9-26-23)4-5-19(29)27-22/h6-7,9,12,15-16H,4-5,8,10-11H2,1-3H3,(H,27,29)/t15-,16+/m1/s1. The van der Waals surface area contributed by atoms with Gasteiger partial charge >= 0.3 is 0 Å². The number of benzene rings is 1. The molecule has 174 valence electrons. The van der Waals surface area contributed by atoms with E-state index in [1.807, 2.05) is 32.9 Å². The van der Waals surface area contributed by atoms with Gasteiger partial charge < -0.3 is 24.4 Å². The predicted molar refractivity (Wildman–Crippen MR) is 117 cm³/mol. The van der Waals surface area contributed by atoms with Gasteiger partial charge in [0, 0.05) is 19.0 Å². The average Bonchev–Trinajstić information content (AvgIpc) is 3.11. The van der Waals surface area contributed by atoms with Crippen LogP contribution in [0.3, 0.4) is 0 Å². The van der Waals surface area contributed by atoms with Gasteiger partial charge in [0.2, 0.25) is 11.7 Å². The number of carbonyl (C=O) groups excluding carboxylic acids is 2. The molecule has 1 aromatic heterocycles. The fourth-order valence-corrected chi connectivity index (χ4v) is 4.61. The summed E-state index contributed by atoms with van der Waals surface area (Å²) in [4.78, 5) is 31.0. The molecule has 0 aliphatic carbocycles. The first kappa shape index (κ1) is 21.5. The zero-order chi connectivity index (χ0) is 23.3. The maximum Gasteiger partial charge on any atom is 0.261 e. The van der Waals surface area contributed by atoms with Gasteiger partial charge in [-0.3, -0.25) is 9.59 Å². The maximum atomic E-state index is 15.0. The van der Waals surface area contributed by atoms with Gasteiger partial charge in [-0.25, -0.2) is 4.98 Å². The summed E-state index contributed by atoms with van der Waals surface area (Å²) in [6.07, 6.45) is 2.20. The molecule has 3 aliphatic heterocycles. The van der Waals surface area contributed by atoms with Crippen molar-refractivity contribution in [2.75, 3.05) is 18.5 Å². The zero-order valence-corrected chi connectivity index (χ0v) is 18.8. The van der Waals surface area contributed by atoms with Crippen LogP contribution >= 0.6 is 0 Å². The summed E-state index contributed by atoms with van der Waals surface area (Å²) in [7, 11) is 0. The summed E-state index contributed by atoms with van der Waals surface area (Å²) in [5.41, 5.74) is 2.12. The van der Waals surface area contributed by atoms with Crippen LogP contribution in [-0.4, -0.2) is 53.1 Å². The number of amides is 2. The fourth-order valence-electron chi connectivity index (χ4n) is 4.61. The Kier molecular flexibility index (Phi) is 5.34. The van der Waals surface area contributed by atoms with Crippen LogP contribution in [-0.2, 0) is 11.2 Å². The van der Waals surface area contributed by atoms with Gasteiger partial charge in [0.1, 0.15) is 29.8 Å². The Morgan fingerprint density at radius 1 is 1.27 bits per heavy atom. The van der Waals surface area contributed by atoms with Crippen molar-refractivity contribution in [2.45, 2.75) is 58.3 Å². The Morgan fingerprint density at radius 3 is 2.88 bits per heavy atom. The van der Waals surface area contributed by atoms with E-state index in [1.165, 1.54) is 6.20 Å². The first-order valence-electron chi connectivity index (χ1n) is 11.2. The lowest BCUT2D eigenvalue weighted by Crippen LogP contribution is -2.37. The molecule has 1 N–H and O–H groups in total. The van der Waals surface area contributed by atoms with Gasteiger partial charge in [-0.1, -0.05) is 0 Å². The second-order valence-corrected chi connectivity index (χ2v) is 9.03. The molecule has 0 radical (unpaired) electrons. The topological polar surface area (TPSA) is 90.0 Å². The van der Waals surface area contributed by atoms with E-state index in [2.05, 4.69) is 10.3 Å². The largest absolute Gasteiger partial charge is 0.490 e. The summed E-state index contributed by atoms with van der Waals surface area (Å²) < 4.78 is 32.8. The molecule has 4 heterocycles. The van der Waals surface area contributed by atoms with Crippen LogP contribution in [0, 0.1) is 12.7 Å². The molecule has 2 amide bonds. The van der Waals surface area contributed by atoms with Gasteiger partial charge in [-0.2, -0.15) is 4.39 Å². The van der Waals surface area contributed by atoms with Crippen LogP contribution in [0.2, 0.25) is 0 Å². The highest BCUT2D eigenvalue weighted by atomic mass is 19.1. The van der Waals surface area contributed by atoms with E-state index in [9.17, 15) is 14.0 Å². The van der Waals surface area contributed by atoms with Crippen molar-refractivity contribution in [3.05, 3.63) is 40.8 Å². The highest BCUT2D eigenvalue weighted by molar-refractivity contribution is 6.00. The summed E-state index contributed by atoms with van der Waals surface area (Å²) in [6, 6.07) is 3.46. The molecular formula is C24H26FN3O5. The quantitative estimate of drug-likeness (QED) is 0.761. The van der Waals surface area contributed by atoms with Crippen molar-refractivity contribution >= 4 is 17.5 Å². The number of hydrogen-bond acceptors (Lipinski definition) is 6. The maximum absolute atomic E-state index is 15.0. The molecule has 2 aromatic rings. The average molecular weight is 455 g/mol. The molecule has 3 aliphatic rings. The zero-order valence-electron chi connectivity index (χ0n) is 18.8. The Hall–Kier alpha value is -3.36. The number of pyridine rings is 1. The number of aromatic nitrogens is 1. The number of carbonyl (C=O) groups is 2. The Bertz CT molecular complexity index is 1140. The van der Waals surface area contributed by atoms with Gasteiger partial charge in [0.05, 0.1) is 24.4 Å². The molecule has 33 heavy (non-hydrogen) atoms. The second-order valence-electron chi connectivity index (χ2n) is 9.03. The van der Waals surface area contributed by atoms with Crippen molar-refractivity contribution in [2.24, 2.45) is 0 Å². The predicted octanol–water partition coefficient (Wildman–Crippen LogP) is 3.26. The van der Waals surface area contributed by atoms with E-state index in [0.717, 1.165) is 5.56 Å². The van der Waals surface area contributed by atoms with Crippen molar-refractivity contribution in [1.82, 2.24) is 9.88 Å². The van der Waals surface area contributed by atoms with E-state index < -0.39 is 11.9 Å². The van der Waals surface area contributed by atoms with Crippen LogP contribution in [0.25, 0.3) is 0 Å². The van der Waals surface area contributed by atoms with E-state index in [-0.39, 0.29) is 42.1 Å². The highest BCUT2D eigenvalue weighted by Gasteiger charge is 2.42. The number of nitrogens with zero attached hydrogens (tertiary/aromatic N) is 2. The summed E-state index contributed by atoms with van der Waals surface area (Å²) in [5, 5.41) is 2.56. The van der Waals surface area contributed by atoms with Crippen LogP contribution in [0.5, 0.6) is 17.4 Å². The van der Waals surface area contributed by atoms with E-state index in [0.29, 0.717) is 48.5 Å². The third-order valence-electron chi connectivity index (χ3n) is 6.09. The van der Waals surface area contributed by atoms with Crippen LogP contribution in [0.4, 0.5) is 10.1 Å². The van der Waals surface area contributed by atoms with E-state index >= 15 is 0 Å². The van der Waals surface area contributed by atoms with E-state index in [4.69, 9.17) is 14.2 Å². The molecule has 9 heteroatoms. The number of nitrogens with one attached hydrogen (secondary N) is 1. The van der Waals surface area contributed by atoms with Crippen molar-refractivity contribution in [1.29, 1.82) is 0 Å². The van der Waals surface area contributed by atoms with Crippen LogP contribution in [0.15, 0.2) is 18.3 Å². The molecule has 0 spiro atoms. The van der Waals surface area contributed by atoms with Crippen molar-refractivity contribution in [3.63, 3.8) is 0 Å². The van der Waals surface area contributed by atoms with Gasteiger partial charge in [0.25, 0.3) is 11.8 Å². The van der Waals surface area contributed by atoms with E-state index in [1.54, 1.807) is 4.90 Å². The smallest absolute Gasteiger partial charge is 0.261 e. The molecule has 0 unspecified atom stereocenters. The molecule has 1 saturated heterocycles. The number of rotatable bonds is 4. The number of anilines is 1. The van der Waals surface area contributed by atoms with Gasteiger partial charge in [-0.05, 0) is 50.5 Å². The summed E-state index contributed by atoms with van der Waals surface area (Å²) >= 11 is 0. The molecular weight excluding hydrogens is 429 g/mol. The minimum Gasteiger partial charge on any atom is -0.490 e. The van der Waals surface area contributed by atoms with Gasteiger partial charge in [-0.15, -0.1) is 0 Å². The Balaban J connectivity index is 1.38. The van der Waals surface area contributed by atoms with Gasteiger partial charge in [0.15, 0.2) is 0 Å². The monoisotopic (exact) mass is 455 g/mol. The molecule has 0 bridgehead atoms. The lowest BCUT2D eigenvalue weighted by Gasteiger charge is -2.22. The molecule has 1 fully saturated rings. The number of ether oxygens (including phenoxy) is 3. The number of halogens is 1. The number of aryl methyl sites for hydroxylation is 2. The van der Waals surface area contributed by atoms with Crippen molar-refractivity contribution in [3.8, 4) is 17.4 Å². The van der Waals surface area contributed by atoms with Crippen molar-refractivity contribution < 1.29 is 28.2 Å². The highest BCUT2D eigenvalue weighted by Crippen LogP contribution is 2.38. The van der Waals surface area contributed by atoms with Crippen LogP contribution in [0.1, 0.15) is 48.2 Å². The number of hydrogen-bond donors (Lipinski definition) is 1. The van der Waals surface area contributed by atoms with Crippen LogP contribution < -0.4 is 19.5 Å². The Labute approximate surface area is 191 Å². The summed E-state index contributed by atoms with van der Waals surface area (Å²) in [5.74, 6) is -0.274. The number of fused-ring (bicyclic) bond motifs is 3. The Morgan fingerprint density at radius 2 is 2.09 bits per heavy atom.